The summed E-state index contributed by atoms with van der Waals surface area (Å²) in [5, 5.41) is 0. The minimum Gasteiger partial charge on any atom is -0.375 e. The number of fused-ring (bicyclic) bond motifs is 2. The first-order valence-electron chi connectivity index (χ1n) is 10.0. The Bertz CT molecular complexity index is 1440. The molecule has 31 heavy (non-hydrogen) atoms. The van der Waals surface area contributed by atoms with Crippen LogP contribution in [-0.2, 0) is 0 Å². The van der Waals surface area contributed by atoms with Gasteiger partial charge in [0.05, 0.1) is 11.4 Å². The van der Waals surface area contributed by atoms with Crippen molar-refractivity contribution < 1.29 is 4.39 Å². The summed E-state index contributed by atoms with van der Waals surface area (Å²) in [5.74, 6) is -0.304. The van der Waals surface area contributed by atoms with Crippen molar-refractivity contribution in [3.63, 3.8) is 0 Å². The molecular weight excluding hydrogens is 397 g/mol. The fourth-order valence-corrected chi connectivity index (χ4v) is 3.88. The Morgan fingerprint density at radius 1 is 0.968 bits per heavy atom. The molecule has 4 aromatic heterocycles. The number of nitrogens with zero attached hydrogens (tertiary/aromatic N) is 7. The minimum atomic E-state index is -0.487. The molecule has 0 aliphatic carbocycles. The van der Waals surface area contributed by atoms with E-state index in [1.54, 1.807) is 29.9 Å². The fraction of sp³-hybridized carbons (Fsp3) is 0.273. The van der Waals surface area contributed by atoms with E-state index < -0.39 is 11.5 Å². The van der Waals surface area contributed by atoms with Gasteiger partial charge in [-0.3, -0.25) is 0 Å². The summed E-state index contributed by atoms with van der Waals surface area (Å²) in [5.41, 5.74) is 4.28. The van der Waals surface area contributed by atoms with Crippen LogP contribution in [0.15, 0.2) is 47.4 Å². The Balaban J connectivity index is 1.64. The molecular formula is C22H22FN7O. The molecule has 0 radical (unpaired) electrons. The summed E-state index contributed by atoms with van der Waals surface area (Å²) in [6, 6.07) is 3.32. The van der Waals surface area contributed by atoms with Crippen LogP contribution in [0.3, 0.4) is 0 Å². The highest BCUT2D eigenvalue weighted by atomic mass is 19.1. The zero-order chi connectivity index (χ0) is 21.9. The topological polar surface area (TPSA) is 71.0 Å². The maximum atomic E-state index is 14.5. The SMILES string of the molecule is CC1=CN(c2cc(C)c3nc(-c4cc(F)c5nc(C)cn5c4)nc(=O)n3c2)CCN1C. The first-order valence-corrected chi connectivity index (χ1v) is 10.0. The summed E-state index contributed by atoms with van der Waals surface area (Å²) in [6.45, 7) is 7.47. The van der Waals surface area contributed by atoms with E-state index in [1.807, 2.05) is 13.0 Å². The van der Waals surface area contributed by atoms with E-state index in [9.17, 15) is 9.18 Å². The number of hydrogen-bond acceptors (Lipinski definition) is 6. The monoisotopic (exact) mass is 419 g/mol. The molecule has 9 heteroatoms. The van der Waals surface area contributed by atoms with Gasteiger partial charge in [0, 0.05) is 56.2 Å². The molecule has 1 aliphatic rings. The van der Waals surface area contributed by atoms with E-state index in [0.29, 0.717) is 16.9 Å². The molecule has 158 valence electrons. The molecule has 0 aromatic carbocycles. The lowest BCUT2D eigenvalue weighted by molar-refractivity contribution is 0.408. The van der Waals surface area contributed by atoms with Gasteiger partial charge in [0.2, 0.25) is 0 Å². The van der Waals surface area contributed by atoms with Crippen LogP contribution in [0.25, 0.3) is 22.7 Å². The van der Waals surface area contributed by atoms with E-state index in [0.717, 1.165) is 30.0 Å². The van der Waals surface area contributed by atoms with Gasteiger partial charge in [0.15, 0.2) is 17.3 Å². The standard InChI is InChI=1S/C22H22FN7O/c1-13-7-17(28-6-5-27(4)15(3)10-28)12-30-20(13)25-19(26-22(30)31)16-8-18(23)21-24-14(2)9-29(21)11-16/h7-12H,5-6H2,1-4H3. The van der Waals surface area contributed by atoms with Gasteiger partial charge < -0.3 is 14.2 Å². The van der Waals surface area contributed by atoms with E-state index >= 15 is 0 Å². The van der Waals surface area contributed by atoms with E-state index in [1.165, 1.54) is 10.5 Å². The summed E-state index contributed by atoms with van der Waals surface area (Å²) in [7, 11) is 2.06. The summed E-state index contributed by atoms with van der Waals surface area (Å²) < 4.78 is 17.6. The van der Waals surface area contributed by atoms with Crippen molar-refractivity contribution in [1.29, 1.82) is 0 Å². The molecule has 4 aromatic rings. The molecule has 0 unspecified atom stereocenters. The Morgan fingerprint density at radius 3 is 2.55 bits per heavy atom. The maximum absolute atomic E-state index is 14.5. The van der Waals surface area contributed by atoms with Gasteiger partial charge in [-0.1, -0.05) is 0 Å². The largest absolute Gasteiger partial charge is 0.375 e. The molecule has 0 bridgehead atoms. The number of allylic oxidation sites excluding steroid dienone is 1. The first-order chi connectivity index (χ1) is 14.8. The second kappa shape index (κ2) is 6.90. The molecule has 0 amide bonds. The Kier molecular flexibility index (Phi) is 4.28. The third-order valence-electron chi connectivity index (χ3n) is 5.66. The third-order valence-corrected chi connectivity index (χ3v) is 5.66. The van der Waals surface area contributed by atoms with Crippen molar-refractivity contribution >= 4 is 17.0 Å². The third kappa shape index (κ3) is 3.22. The normalized spacial score (nSPS) is 14.5. The van der Waals surface area contributed by atoms with E-state index in [4.69, 9.17) is 0 Å². The number of likely N-dealkylation sites (N-methyl/N-ethyl adjacent to an activating group) is 1. The molecule has 0 spiro atoms. The van der Waals surface area contributed by atoms with Crippen LogP contribution in [-0.4, -0.2) is 48.8 Å². The lowest BCUT2D eigenvalue weighted by Gasteiger charge is -2.32. The minimum absolute atomic E-state index is 0.184. The number of rotatable bonds is 2. The Morgan fingerprint density at radius 2 is 1.77 bits per heavy atom. The molecule has 1 aliphatic heterocycles. The second-order valence-electron chi connectivity index (χ2n) is 7.98. The van der Waals surface area contributed by atoms with Crippen molar-refractivity contribution in [2.24, 2.45) is 0 Å². The number of halogens is 1. The number of anilines is 1. The zero-order valence-electron chi connectivity index (χ0n) is 17.8. The van der Waals surface area contributed by atoms with Crippen LogP contribution in [0, 0.1) is 19.7 Å². The van der Waals surface area contributed by atoms with Crippen molar-refractivity contribution in [3.8, 4) is 11.4 Å². The number of aryl methyl sites for hydroxylation is 2. The summed E-state index contributed by atoms with van der Waals surface area (Å²) in [4.78, 5) is 30.1. The number of pyridine rings is 2. The molecule has 0 N–H and O–H groups in total. The van der Waals surface area contributed by atoms with Gasteiger partial charge in [-0.2, -0.15) is 4.98 Å². The highest BCUT2D eigenvalue weighted by Gasteiger charge is 2.17. The molecule has 0 atom stereocenters. The fourth-order valence-electron chi connectivity index (χ4n) is 3.88. The molecule has 5 heterocycles. The lowest BCUT2D eigenvalue weighted by Crippen LogP contribution is -2.35. The van der Waals surface area contributed by atoms with Crippen LogP contribution in [0.5, 0.6) is 0 Å². The first kappa shape index (κ1) is 19.2. The van der Waals surface area contributed by atoms with Gasteiger partial charge >= 0.3 is 5.69 Å². The van der Waals surface area contributed by atoms with Crippen molar-refractivity contribution in [2.75, 3.05) is 25.0 Å². The lowest BCUT2D eigenvalue weighted by atomic mass is 10.2. The predicted octanol–water partition coefficient (Wildman–Crippen LogP) is 2.77. The van der Waals surface area contributed by atoms with E-state index in [-0.39, 0.29) is 11.5 Å². The van der Waals surface area contributed by atoms with Crippen LogP contribution < -0.4 is 10.6 Å². The average molecular weight is 419 g/mol. The van der Waals surface area contributed by atoms with Crippen molar-refractivity contribution in [3.05, 3.63) is 70.2 Å². The zero-order valence-corrected chi connectivity index (χ0v) is 17.8. The summed E-state index contributed by atoms with van der Waals surface area (Å²) in [6.07, 6.45) is 7.23. The smallest absolute Gasteiger partial charge is 0.355 e. The highest BCUT2D eigenvalue weighted by Crippen LogP contribution is 2.24. The number of aromatic nitrogens is 5. The van der Waals surface area contributed by atoms with Crippen LogP contribution in [0.2, 0.25) is 0 Å². The van der Waals surface area contributed by atoms with Crippen molar-refractivity contribution in [2.45, 2.75) is 20.8 Å². The van der Waals surface area contributed by atoms with Gasteiger partial charge in [0.25, 0.3) is 0 Å². The Hall–Kier alpha value is -3.75. The van der Waals surface area contributed by atoms with Gasteiger partial charge in [0.1, 0.15) is 5.65 Å². The van der Waals surface area contributed by atoms with Crippen LogP contribution >= 0.6 is 0 Å². The summed E-state index contributed by atoms with van der Waals surface area (Å²) >= 11 is 0. The average Bonchev–Trinajstić information content (AvgIpc) is 3.11. The molecule has 8 nitrogen and oxygen atoms in total. The van der Waals surface area contributed by atoms with Gasteiger partial charge in [-0.05, 0) is 38.5 Å². The van der Waals surface area contributed by atoms with Crippen LogP contribution in [0.1, 0.15) is 18.2 Å². The van der Waals surface area contributed by atoms with Crippen LogP contribution in [0.4, 0.5) is 10.1 Å². The number of imidazole rings is 1. The number of hydrogen-bond donors (Lipinski definition) is 0. The van der Waals surface area contributed by atoms with E-state index in [2.05, 4.69) is 44.9 Å². The maximum Gasteiger partial charge on any atom is 0.355 e. The Labute approximate surface area is 177 Å². The quantitative estimate of drug-likeness (QED) is 0.498. The van der Waals surface area contributed by atoms with Gasteiger partial charge in [-0.25, -0.2) is 23.6 Å². The molecule has 0 fully saturated rings. The predicted molar refractivity (Wildman–Crippen MR) is 117 cm³/mol. The van der Waals surface area contributed by atoms with Gasteiger partial charge in [-0.15, -0.1) is 0 Å². The molecule has 5 rings (SSSR count). The molecule has 0 saturated carbocycles. The highest BCUT2D eigenvalue weighted by molar-refractivity contribution is 5.64. The second-order valence-corrected chi connectivity index (χ2v) is 7.98. The molecule has 0 saturated heterocycles. The van der Waals surface area contributed by atoms with Crippen molar-refractivity contribution in [1.82, 2.24) is 28.7 Å².